The van der Waals surface area contributed by atoms with E-state index in [0.29, 0.717) is 23.7 Å². The van der Waals surface area contributed by atoms with Crippen molar-refractivity contribution in [1.82, 2.24) is 4.98 Å². The van der Waals surface area contributed by atoms with Crippen molar-refractivity contribution >= 4 is 22.5 Å². The molecule has 1 heterocycles. The molecule has 0 aliphatic heterocycles. The lowest BCUT2D eigenvalue weighted by atomic mass is 10.1. The summed E-state index contributed by atoms with van der Waals surface area (Å²) >= 11 is 6.09. The number of nitriles is 1. The van der Waals surface area contributed by atoms with Crippen LogP contribution in [0.25, 0.3) is 10.9 Å². The van der Waals surface area contributed by atoms with Gasteiger partial charge in [-0.15, -0.1) is 0 Å². The minimum absolute atomic E-state index is 0.441. The van der Waals surface area contributed by atoms with Crippen molar-refractivity contribution in [3.8, 4) is 11.8 Å². The summed E-state index contributed by atoms with van der Waals surface area (Å²) in [5.41, 5.74) is 1.65. The van der Waals surface area contributed by atoms with Gasteiger partial charge < -0.3 is 4.74 Å². The Labute approximate surface area is 105 Å². The molecule has 1 aromatic carbocycles. The lowest BCUT2D eigenvalue weighted by Crippen LogP contribution is -1.93. The first-order chi connectivity index (χ1) is 8.26. The Balaban J connectivity index is 2.54. The maximum absolute atomic E-state index is 8.58. The largest absolute Gasteiger partial charge is 0.494 e. The number of pyridine rings is 1. The minimum atomic E-state index is 0.441. The molecule has 0 aliphatic carbocycles. The number of ether oxygens (including phenoxy) is 1. The summed E-state index contributed by atoms with van der Waals surface area (Å²) in [6.07, 6.45) is 1.06. The van der Waals surface area contributed by atoms with E-state index in [2.05, 4.69) is 11.1 Å². The molecule has 0 spiro atoms. The Kier molecular flexibility index (Phi) is 3.46. The Hall–Kier alpha value is -1.79. The number of hydrogen-bond donors (Lipinski definition) is 0. The molecule has 0 atom stereocenters. The summed E-state index contributed by atoms with van der Waals surface area (Å²) in [5.74, 6) is 0.705. The molecule has 0 N–H and O–H groups in total. The molecule has 0 aliphatic rings. The van der Waals surface area contributed by atoms with E-state index in [1.165, 1.54) is 0 Å². The van der Waals surface area contributed by atoms with Crippen LogP contribution in [-0.2, 0) is 6.42 Å². The molecular weight excluding hydrogens is 236 g/mol. The van der Waals surface area contributed by atoms with Crippen LogP contribution in [0, 0.1) is 11.3 Å². The number of fused-ring (bicyclic) bond motifs is 1. The van der Waals surface area contributed by atoms with Crippen LogP contribution in [0.1, 0.15) is 12.0 Å². The molecule has 4 heteroatoms. The normalized spacial score (nSPS) is 10.2. The number of aryl methyl sites for hydroxylation is 1. The number of rotatable bonds is 3. The fourth-order valence-electron chi connectivity index (χ4n) is 1.72. The molecule has 3 nitrogen and oxygen atoms in total. The molecule has 0 saturated heterocycles. The molecule has 0 fully saturated rings. The summed E-state index contributed by atoms with van der Waals surface area (Å²) in [4.78, 5) is 4.33. The highest BCUT2D eigenvalue weighted by atomic mass is 35.5. The van der Waals surface area contributed by atoms with Gasteiger partial charge in [-0.1, -0.05) is 23.7 Å². The van der Waals surface area contributed by atoms with Gasteiger partial charge in [-0.25, -0.2) is 4.98 Å². The Bertz CT molecular complexity index is 590. The van der Waals surface area contributed by atoms with Gasteiger partial charge in [0.05, 0.1) is 13.2 Å². The highest BCUT2D eigenvalue weighted by Gasteiger charge is 2.08. The summed E-state index contributed by atoms with van der Waals surface area (Å²) in [5, 5.41) is 10.00. The summed E-state index contributed by atoms with van der Waals surface area (Å²) in [7, 11) is 1.61. The predicted octanol–water partition coefficient (Wildman–Crippen LogP) is 3.35. The summed E-state index contributed by atoms with van der Waals surface area (Å²) in [6, 6.07) is 9.78. The number of nitrogens with zero attached hydrogens (tertiary/aromatic N) is 2. The number of hydrogen-bond acceptors (Lipinski definition) is 3. The van der Waals surface area contributed by atoms with Gasteiger partial charge in [-0.05, 0) is 24.1 Å². The van der Waals surface area contributed by atoms with Crippen LogP contribution in [0.2, 0.25) is 5.15 Å². The molecule has 1 aromatic heterocycles. The van der Waals surface area contributed by atoms with Gasteiger partial charge in [0.15, 0.2) is 0 Å². The monoisotopic (exact) mass is 246 g/mol. The van der Waals surface area contributed by atoms with Crippen molar-refractivity contribution in [2.24, 2.45) is 0 Å². The number of methoxy groups -OCH3 is 1. The second kappa shape index (κ2) is 5.03. The first kappa shape index (κ1) is 11.7. The fourth-order valence-corrected chi connectivity index (χ4v) is 1.96. The second-order valence-corrected chi connectivity index (χ2v) is 3.99. The van der Waals surface area contributed by atoms with Crippen molar-refractivity contribution in [1.29, 1.82) is 5.26 Å². The van der Waals surface area contributed by atoms with Crippen LogP contribution >= 0.6 is 11.6 Å². The van der Waals surface area contributed by atoms with Crippen LogP contribution in [0.15, 0.2) is 24.3 Å². The van der Waals surface area contributed by atoms with E-state index in [1.807, 2.05) is 24.3 Å². The standard InChI is InChI=1S/C13H11ClN2O/c1-17-11-6-2-4-9-8-10(5-3-7-15)13(14)16-12(9)11/h2,4,6,8H,3,5H2,1H3. The first-order valence-corrected chi connectivity index (χ1v) is 5.63. The first-order valence-electron chi connectivity index (χ1n) is 5.25. The van der Waals surface area contributed by atoms with Crippen molar-refractivity contribution < 1.29 is 4.74 Å². The maximum atomic E-state index is 8.58. The third-order valence-electron chi connectivity index (χ3n) is 2.56. The predicted molar refractivity (Wildman–Crippen MR) is 67.2 cm³/mol. The lowest BCUT2D eigenvalue weighted by molar-refractivity contribution is 0.419. The topological polar surface area (TPSA) is 45.9 Å². The molecule has 2 aromatic rings. The van der Waals surface area contributed by atoms with Crippen LogP contribution in [0.5, 0.6) is 5.75 Å². The molecule has 17 heavy (non-hydrogen) atoms. The Morgan fingerprint density at radius 1 is 1.47 bits per heavy atom. The van der Waals surface area contributed by atoms with Crippen molar-refractivity contribution in [2.75, 3.05) is 7.11 Å². The Morgan fingerprint density at radius 3 is 3.00 bits per heavy atom. The van der Waals surface area contributed by atoms with Crippen LogP contribution in [-0.4, -0.2) is 12.1 Å². The smallest absolute Gasteiger partial charge is 0.145 e. The zero-order valence-corrected chi connectivity index (χ0v) is 10.2. The van der Waals surface area contributed by atoms with E-state index >= 15 is 0 Å². The molecule has 0 unspecified atom stereocenters. The molecule has 0 radical (unpaired) electrons. The molecule has 0 bridgehead atoms. The summed E-state index contributed by atoms with van der Waals surface area (Å²) < 4.78 is 5.23. The van der Waals surface area contributed by atoms with E-state index < -0.39 is 0 Å². The molecule has 2 rings (SSSR count). The van der Waals surface area contributed by atoms with Crippen molar-refractivity contribution in [3.05, 3.63) is 35.0 Å². The Morgan fingerprint density at radius 2 is 2.29 bits per heavy atom. The van der Waals surface area contributed by atoms with Gasteiger partial charge in [0.25, 0.3) is 0 Å². The maximum Gasteiger partial charge on any atom is 0.145 e. The van der Waals surface area contributed by atoms with E-state index in [0.717, 1.165) is 16.5 Å². The SMILES string of the molecule is COc1cccc2cc(CCC#N)c(Cl)nc12. The van der Waals surface area contributed by atoms with Crippen molar-refractivity contribution in [2.45, 2.75) is 12.8 Å². The molecule has 0 saturated carbocycles. The zero-order valence-electron chi connectivity index (χ0n) is 9.40. The van der Waals surface area contributed by atoms with E-state index in [9.17, 15) is 0 Å². The zero-order chi connectivity index (χ0) is 12.3. The lowest BCUT2D eigenvalue weighted by Gasteiger charge is -2.07. The van der Waals surface area contributed by atoms with Gasteiger partial charge in [-0.2, -0.15) is 5.26 Å². The molecule has 0 amide bonds. The highest BCUT2D eigenvalue weighted by Crippen LogP contribution is 2.27. The number of halogens is 1. The third kappa shape index (κ3) is 2.32. The second-order valence-electron chi connectivity index (χ2n) is 3.63. The number of para-hydroxylation sites is 1. The van der Waals surface area contributed by atoms with Crippen molar-refractivity contribution in [3.63, 3.8) is 0 Å². The molecular formula is C13H11ClN2O. The van der Waals surface area contributed by atoms with Crippen LogP contribution in [0.4, 0.5) is 0 Å². The van der Waals surface area contributed by atoms with E-state index in [4.69, 9.17) is 21.6 Å². The van der Waals surface area contributed by atoms with Gasteiger partial charge in [0.2, 0.25) is 0 Å². The minimum Gasteiger partial charge on any atom is -0.494 e. The van der Waals surface area contributed by atoms with E-state index in [-0.39, 0.29) is 0 Å². The average molecular weight is 247 g/mol. The number of benzene rings is 1. The highest BCUT2D eigenvalue weighted by molar-refractivity contribution is 6.30. The van der Waals surface area contributed by atoms with Crippen LogP contribution in [0.3, 0.4) is 0 Å². The van der Waals surface area contributed by atoms with Gasteiger partial charge in [0, 0.05) is 11.8 Å². The average Bonchev–Trinajstić information content (AvgIpc) is 2.35. The third-order valence-corrected chi connectivity index (χ3v) is 2.89. The van der Waals surface area contributed by atoms with Gasteiger partial charge in [-0.3, -0.25) is 0 Å². The molecule has 86 valence electrons. The number of aromatic nitrogens is 1. The summed E-state index contributed by atoms with van der Waals surface area (Å²) in [6.45, 7) is 0. The van der Waals surface area contributed by atoms with E-state index in [1.54, 1.807) is 7.11 Å². The van der Waals surface area contributed by atoms with Crippen LogP contribution < -0.4 is 4.74 Å². The van der Waals surface area contributed by atoms with Gasteiger partial charge >= 0.3 is 0 Å². The fraction of sp³-hybridized carbons (Fsp3) is 0.231. The van der Waals surface area contributed by atoms with Gasteiger partial charge in [0.1, 0.15) is 16.4 Å². The quantitative estimate of drug-likeness (QED) is 0.780.